The Labute approximate surface area is 134 Å². The largest absolute Gasteiger partial charge is 0.534 e. The molecule has 0 heterocycles. The summed E-state index contributed by atoms with van der Waals surface area (Å²) >= 11 is 0. The second kappa shape index (κ2) is 6.25. The van der Waals surface area contributed by atoms with Gasteiger partial charge < -0.3 is 13.5 Å². The third-order valence-electron chi connectivity index (χ3n) is 2.15. The van der Waals surface area contributed by atoms with Gasteiger partial charge in [0.05, 0.1) is 0 Å². The lowest BCUT2D eigenvalue weighted by Crippen LogP contribution is -2.29. The fourth-order valence-electron chi connectivity index (χ4n) is 1.14. The number of rotatable bonds is 5. The van der Waals surface area contributed by atoms with Crippen molar-refractivity contribution >= 4 is 26.2 Å². The molecule has 0 aliphatic heterocycles. The van der Waals surface area contributed by atoms with Crippen LogP contribution >= 0.6 is 0 Å². The molecule has 0 aliphatic rings. The van der Waals surface area contributed by atoms with Crippen molar-refractivity contribution < 1.29 is 61.4 Å². The molecule has 0 aliphatic carbocycles. The number of hydrogen-bond donors (Lipinski definition) is 1. The maximum Gasteiger partial charge on any atom is 0.534 e. The minimum absolute atomic E-state index is 0.0346. The van der Waals surface area contributed by atoms with E-state index >= 15 is 0 Å². The smallest absolute Gasteiger partial charge is 0.478 e. The van der Waals surface area contributed by atoms with Crippen LogP contribution < -0.4 is 8.37 Å². The van der Waals surface area contributed by atoms with Crippen LogP contribution in [0, 0.1) is 0 Å². The maximum absolute atomic E-state index is 12.2. The van der Waals surface area contributed by atoms with Gasteiger partial charge in [0.25, 0.3) is 0 Å². The average Bonchev–Trinajstić information content (AvgIpc) is 2.36. The van der Waals surface area contributed by atoms with Crippen molar-refractivity contribution in [3.8, 4) is 11.5 Å². The molecule has 0 aromatic heterocycles. The molecule has 1 aromatic carbocycles. The number of halogens is 6. The topological polar surface area (TPSA) is 124 Å². The molecule has 0 fully saturated rings. The number of alkyl halides is 6. The van der Waals surface area contributed by atoms with Crippen LogP contribution in [0.3, 0.4) is 0 Å². The summed E-state index contributed by atoms with van der Waals surface area (Å²) in [4.78, 5) is 10.9. The van der Waals surface area contributed by atoms with E-state index in [1.807, 2.05) is 0 Å². The normalized spacial score (nSPS) is 13.4. The van der Waals surface area contributed by atoms with Gasteiger partial charge in [-0.2, -0.15) is 43.2 Å². The molecule has 16 heteroatoms. The number of aromatic carboxylic acids is 1. The predicted molar refractivity (Wildman–Crippen MR) is 64.6 cm³/mol. The summed E-state index contributed by atoms with van der Waals surface area (Å²) < 4.78 is 123. The highest BCUT2D eigenvalue weighted by Gasteiger charge is 2.50. The Kier molecular flexibility index (Phi) is 5.20. The Morgan fingerprint density at radius 1 is 0.880 bits per heavy atom. The second-order valence-corrected chi connectivity index (χ2v) is 7.01. The molecule has 0 amide bonds. The van der Waals surface area contributed by atoms with Crippen LogP contribution in [0.4, 0.5) is 26.3 Å². The third kappa shape index (κ3) is 4.65. The van der Waals surface area contributed by atoms with Gasteiger partial charge in [0.2, 0.25) is 0 Å². The van der Waals surface area contributed by atoms with Gasteiger partial charge in [0.1, 0.15) is 11.3 Å². The standard InChI is InChI=1S/C9H4F6O8S2/c10-8(11,12)24(18,19)22-4-1-2-6(5(3-4)7(16)17)23-25(20,21)9(13,14)15/h1-3H,(H,16,17). The molecule has 1 rings (SSSR count). The zero-order valence-electron chi connectivity index (χ0n) is 11.1. The first-order valence-corrected chi connectivity index (χ1v) is 8.18. The molecule has 0 bridgehead atoms. The Bertz CT molecular complexity index is 884. The Morgan fingerprint density at radius 2 is 1.32 bits per heavy atom. The molecular weight excluding hydrogens is 414 g/mol. The van der Waals surface area contributed by atoms with E-state index in [0.717, 1.165) is 0 Å². The molecule has 0 unspecified atom stereocenters. The van der Waals surface area contributed by atoms with Gasteiger partial charge in [-0.25, -0.2) is 4.79 Å². The minimum Gasteiger partial charge on any atom is -0.478 e. The summed E-state index contributed by atoms with van der Waals surface area (Å²) in [5, 5.41) is 8.76. The van der Waals surface area contributed by atoms with E-state index in [9.17, 15) is 48.0 Å². The molecular formula is C9H4F6O8S2. The van der Waals surface area contributed by atoms with Crippen molar-refractivity contribution in [3.05, 3.63) is 23.8 Å². The van der Waals surface area contributed by atoms with E-state index in [-0.39, 0.29) is 18.2 Å². The molecule has 142 valence electrons. The van der Waals surface area contributed by atoms with E-state index in [0.29, 0.717) is 0 Å². The summed E-state index contributed by atoms with van der Waals surface area (Å²) in [6.07, 6.45) is 0. The van der Waals surface area contributed by atoms with Crippen molar-refractivity contribution in [1.82, 2.24) is 0 Å². The van der Waals surface area contributed by atoms with Crippen LogP contribution in [-0.4, -0.2) is 38.9 Å². The average molecular weight is 418 g/mol. The van der Waals surface area contributed by atoms with Crippen molar-refractivity contribution in [2.75, 3.05) is 0 Å². The second-order valence-electron chi connectivity index (χ2n) is 3.93. The highest BCUT2D eigenvalue weighted by atomic mass is 32.2. The Hall–Kier alpha value is -2.23. The van der Waals surface area contributed by atoms with Crippen LogP contribution in [0.2, 0.25) is 0 Å². The van der Waals surface area contributed by atoms with E-state index in [1.165, 1.54) is 0 Å². The van der Waals surface area contributed by atoms with Gasteiger partial charge in [0.15, 0.2) is 5.75 Å². The SMILES string of the molecule is O=C(O)c1cc(OS(=O)(=O)C(F)(F)F)ccc1OS(=O)(=O)C(F)(F)F. The molecule has 1 aromatic rings. The number of carboxylic acid groups (broad SMARTS) is 1. The van der Waals surface area contributed by atoms with Gasteiger partial charge in [-0.05, 0) is 12.1 Å². The number of carboxylic acids is 1. The first kappa shape index (κ1) is 20.8. The monoisotopic (exact) mass is 418 g/mol. The summed E-state index contributed by atoms with van der Waals surface area (Å²) in [7, 11) is -12.5. The predicted octanol–water partition coefficient (Wildman–Crippen LogP) is 1.84. The molecule has 8 nitrogen and oxygen atoms in total. The maximum atomic E-state index is 12.2. The lowest BCUT2D eigenvalue weighted by atomic mass is 10.2. The fourth-order valence-corrected chi connectivity index (χ4v) is 2.07. The molecule has 25 heavy (non-hydrogen) atoms. The van der Waals surface area contributed by atoms with Gasteiger partial charge in [-0.15, -0.1) is 0 Å². The van der Waals surface area contributed by atoms with Crippen LogP contribution in [0.15, 0.2) is 18.2 Å². The van der Waals surface area contributed by atoms with Gasteiger partial charge in [-0.1, -0.05) is 0 Å². The lowest BCUT2D eigenvalue weighted by Gasteiger charge is -2.13. The van der Waals surface area contributed by atoms with Gasteiger partial charge >= 0.3 is 37.2 Å². The Morgan fingerprint density at radius 3 is 1.72 bits per heavy atom. The zero-order valence-corrected chi connectivity index (χ0v) is 12.8. The van der Waals surface area contributed by atoms with Crippen LogP contribution in [0.25, 0.3) is 0 Å². The fraction of sp³-hybridized carbons (Fsp3) is 0.222. The van der Waals surface area contributed by atoms with E-state index in [4.69, 9.17) is 5.11 Å². The quantitative estimate of drug-likeness (QED) is 0.437. The van der Waals surface area contributed by atoms with E-state index < -0.39 is 54.3 Å². The van der Waals surface area contributed by atoms with Crippen molar-refractivity contribution in [3.63, 3.8) is 0 Å². The van der Waals surface area contributed by atoms with Crippen molar-refractivity contribution in [2.24, 2.45) is 0 Å². The highest BCUT2D eigenvalue weighted by molar-refractivity contribution is 7.88. The number of benzene rings is 1. The zero-order chi connectivity index (χ0) is 19.8. The number of hydrogen-bond acceptors (Lipinski definition) is 7. The first-order chi connectivity index (χ1) is 11.0. The van der Waals surface area contributed by atoms with Gasteiger partial charge in [0, 0.05) is 6.07 Å². The van der Waals surface area contributed by atoms with E-state index in [1.54, 1.807) is 0 Å². The molecule has 0 radical (unpaired) electrons. The molecule has 1 N–H and O–H groups in total. The first-order valence-electron chi connectivity index (χ1n) is 5.37. The summed E-state index contributed by atoms with van der Waals surface area (Å²) in [6.45, 7) is 0. The van der Waals surface area contributed by atoms with Crippen LogP contribution in [0.1, 0.15) is 10.4 Å². The summed E-state index contributed by atoms with van der Waals surface area (Å²) in [5.74, 6) is -4.82. The summed E-state index contributed by atoms with van der Waals surface area (Å²) in [5.41, 5.74) is -13.2. The summed E-state index contributed by atoms with van der Waals surface area (Å²) in [6, 6.07) is 0.470. The molecule has 0 spiro atoms. The van der Waals surface area contributed by atoms with Gasteiger partial charge in [-0.3, -0.25) is 0 Å². The van der Waals surface area contributed by atoms with E-state index in [2.05, 4.69) is 8.37 Å². The van der Waals surface area contributed by atoms with Crippen LogP contribution in [-0.2, 0) is 20.2 Å². The Balaban J connectivity index is 3.33. The molecule has 0 atom stereocenters. The molecule has 0 saturated heterocycles. The van der Waals surface area contributed by atoms with Crippen molar-refractivity contribution in [1.29, 1.82) is 0 Å². The minimum atomic E-state index is -6.28. The number of carbonyl (C=O) groups is 1. The molecule has 0 saturated carbocycles. The highest BCUT2D eigenvalue weighted by Crippen LogP contribution is 2.33. The van der Waals surface area contributed by atoms with Crippen molar-refractivity contribution in [2.45, 2.75) is 11.0 Å². The lowest BCUT2D eigenvalue weighted by molar-refractivity contribution is -0.0506. The third-order valence-corrected chi connectivity index (χ3v) is 4.10. The van der Waals surface area contributed by atoms with Crippen LogP contribution in [0.5, 0.6) is 11.5 Å².